The number of nitrogens with zero attached hydrogens (tertiary/aromatic N) is 3. The summed E-state index contributed by atoms with van der Waals surface area (Å²) in [5, 5.41) is 8.08. The lowest BCUT2D eigenvalue weighted by atomic mass is 9.73. The molecule has 2 heterocycles. The summed E-state index contributed by atoms with van der Waals surface area (Å²) in [4.78, 5) is 4.62. The summed E-state index contributed by atoms with van der Waals surface area (Å²) in [5.41, 5.74) is 8.06. The second-order valence-corrected chi connectivity index (χ2v) is 6.03. The van der Waals surface area contributed by atoms with Crippen LogP contribution in [0.5, 0.6) is 0 Å². The minimum atomic E-state index is -0.0584. The van der Waals surface area contributed by atoms with Crippen molar-refractivity contribution >= 4 is 11.6 Å². The fraction of sp³-hybridized carbons (Fsp3) is 0.600. The van der Waals surface area contributed by atoms with Crippen molar-refractivity contribution in [2.75, 3.05) is 11.9 Å². The van der Waals surface area contributed by atoms with E-state index >= 15 is 0 Å². The van der Waals surface area contributed by atoms with Crippen LogP contribution in [0.15, 0.2) is 18.3 Å². The highest BCUT2D eigenvalue weighted by atomic mass is 15.4. The van der Waals surface area contributed by atoms with Crippen molar-refractivity contribution < 1.29 is 0 Å². The van der Waals surface area contributed by atoms with Gasteiger partial charge >= 0.3 is 0 Å². The lowest BCUT2D eigenvalue weighted by molar-refractivity contribution is 0.234. The van der Waals surface area contributed by atoms with Gasteiger partial charge in [-0.3, -0.25) is 0 Å². The Hall–Kier alpha value is -1.62. The van der Waals surface area contributed by atoms with Crippen molar-refractivity contribution in [3.05, 3.63) is 23.9 Å². The molecule has 3 rings (SSSR count). The number of hydrogen-bond donors (Lipinski definition) is 2. The zero-order chi connectivity index (χ0) is 14.2. The minimum absolute atomic E-state index is 0.0584. The second kappa shape index (κ2) is 5.05. The third kappa shape index (κ3) is 2.16. The number of nitrogens with two attached hydrogens (primary N) is 1. The predicted octanol–water partition coefficient (Wildman–Crippen LogP) is 2.36. The van der Waals surface area contributed by atoms with Crippen LogP contribution in [0.25, 0.3) is 5.65 Å². The molecule has 2 unspecified atom stereocenters. The summed E-state index contributed by atoms with van der Waals surface area (Å²) >= 11 is 0. The average molecular weight is 273 g/mol. The average Bonchev–Trinajstić information content (AvgIpc) is 2.85. The van der Waals surface area contributed by atoms with Crippen molar-refractivity contribution in [2.24, 2.45) is 11.7 Å². The maximum atomic E-state index is 6.08. The third-order valence-corrected chi connectivity index (χ3v) is 4.74. The van der Waals surface area contributed by atoms with Gasteiger partial charge in [0, 0.05) is 12.7 Å². The van der Waals surface area contributed by atoms with Crippen molar-refractivity contribution in [1.82, 2.24) is 14.6 Å². The van der Waals surface area contributed by atoms with E-state index in [1.807, 2.05) is 16.8 Å². The number of aromatic nitrogens is 3. The van der Waals surface area contributed by atoms with Gasteiger partial charge in [-0.25, -0.2) is 4.52 Å². The summed E-state index contributed by atoms with van der Waals surface area (Å²) in [7, 11) is 0. The van der Waals surface area contributed by atoms with Crippen LogP contribution in [0.4, 0.5) is 5.95 Å². The molecule has 3 N–H and O–H groups in total. The summed E-state index contributed by atoms with van der Waals surface area (Å²) in [6.07, 6.45) is 6.76. The Kier molecular flexibility index (Phi) is 3.38. The maximum absolute atomic E-state index is 6.08. The molecular weight excluding hydrogens is 250 g/mol. The summed E-state index contributed by atoms with van der Waals surface area (Å²) in [6.45, 7) is 4.96. The molecule has 5 nitrogen and oxygen atoms in total. The standard InChI is InChI=1S/C15H23N5/c1-11-6-5-9-20-13(11)17-14(19-20)18-15(10-16)8-4-3-7-12(15)2/h5-6,9,12H,3-4,7-8,10,16H2,1-2H3,(H,18,19). The first-order chi connectivity index (χ1) is 9.64. The summed E-state index contributed by atoms with van der Waals surface area (Å²) in [5.74, 6) is 1.24. The molecule has 0 aliphatic heterocycles. The van der Waals surface area contributed by atoms with Crippen molar-refractivity contribution in [2.45, 2.75) is 45.1 Å². The molecule has 0 aromatic carbocycles. The van der Waals surface area contributed by atoms with Gasteiger partial charge in [0.15, 0.2) is 5.65 Å². The normalized spacial score (nSPS) is 26.9. The SMILES string of the molecule is Cc1cccn2nc(NC3(CN)CCCCC3C)nc12. The van der Waals surface area contributed by atoms with Gasteiger partial charge in [0.05, 0.1) is 5.54 Å². The van der Waals surface area contributed by atoms with Gasteiger partial charge in [0.1, 0.15) is 0 Å². The molecule has 2 atom stereocenters. The van der Waals surface area contributed by atoms with Gasteiger partial charge in [-0.15, -0.1) is 5.10 Å². The van der Waals surface area contributed by atoms with E-state index < -0.39 is 0 Å². The molecule has 2 aromatic heterocycles. The fourth-order valence-electron chi connectivity index (χ4n) is 3.27. The third-order valence-electron chi connectivity index (χ3n) is 4.74. The van der Waals surface area contributed by atoms with Crippen molar-refractivity contribution in [1.29, 1.82) is 0 Å². The summed E-state index contributed by atoms with van der Waals surface area (Å²) < 4.78 is 1.83. The highest BCUT2D eigenvalue weighted by Gasteiger charge is 2.37. The number of aryl methyl sites for hydroxylation is 1. The van der Waals surface area contributed by atoms with Gasteiger partial charge < -0.3 is 11.1 Å². The van der Waals surface area contributed by atoms with E-state index in [0.29, 0.717) is 18.4 Å². The molecule has 0 bridgehead atoms. The lowest BCUT2D eigenvalue weighted by Gasteiger charge is -2.42. The number of fused-ring (bicyclic) bond motifs is 1. The molecule has 0 radical (unpaired) electrons. The Morgan fingerprint density at radius 2 is 2.35 bits per heavy atom. The van der Waals surface area contributed by atoms with E-state index in [2.05, 4.69) is 35.3 Å². The van der Waals surface area contributed by atoms with Gasteiger partial charge in [-0.05, 0) is 37.3 Å². The molecule has 0 spiro atoms. The number of hydrogen-bond acceptors (Lipinski definition) is 4. The van der Waals surface area contributed by atoms with Crippen LogP contribution in [0, 0.1) is 12.8 Å². The van der Waals surface area contributed by atoms with E-state index in [1.165, 1.54) is 19.3 Å². The van der Waals surface area contributed by atoms with Gasteiger partial charge in [0.2, 0.25) is 5.95 Å². The Labute approximate surface area is 119 Å². The Balaban J connectivity index is 1.93. The molecule has 1 aliphatic carbocycles. The monoisotopic (exact) mass is 273 g/mol. The molecule has 108 valence electrons. The van der Waals surface area contributed by atoms with E-state index in [9.17, 15) is 0 Å². The summed E-state index contributed by atoms with van der Waals surface area (Å²) in [6, 6.07) is 4.04. The number of nitrogens with one attached hydrogen (secondary N) is 1. The first kappa shape index (κ1) is 13.4. The molecule has 5 heteroatoms. The van der Waals surface area contributed by atoms with E-state index in [-0.39, 0.29) is 5.54 Å². The second-order valence-electron chi connectivity index (χ2n) is 6.03. The zero-order valence-electron chi connectivity index (χ0n) is 12.3. The first-order valence-electron chi connectivity index (χ1n) is 7.45. The fourth-order valence-corrected chi connectivity index (χ4v) is 3.27. The van der Waals surface area contributed by atoms with Crippen LogP contribution in [0.2, 0.25) is 0 Å². The molecule has 0 saturated heterocycles. The van der Waals surface area contributed by atoms with Crippen molar-refractivity contribution in [3.63, 3.8) is 0 Å². The van der Waals surface area contributed by atoms with Gasteiger partial charge in [0.25, 0.3) is 0 Å². The largest absolute Gasteiger partial charge is 0.346 e. The van der Waals surface area contributed by atoms with E-state index in [0.717, 1.165) is 17.6 Å². The van der Waals surface area contributed by atoms with E-state index in [4.69, 9.17) is 5.73 Å². The predicted molar refractivity (Wildman–Crippen MR) is 80.8 cm³/mol. The molecule has 1 aliphatic rings. The molecule has 0 amide bonds. The van der Waals surface area contributed by atoms with Crippen molar-refractivity contribution in [3.8, 4) is 0 Å². The van der Waals surface area contributed by atoms with Crippen LogP contribution < -0.4 is 11.1 Å². The molecule has 20 heavy (non-hydrogen) atoms. The van der Waals surface area contributed by atoms with Gasteiger partial charge in [-0.1, -0.05) is 25.8 Å². The Morgan fingerprint density at radius 3 is 3.05 bits per heavy atom. The maximum Gasteiger partial charge on any atom is 0.243 e. The van der Waals surface area contributed by atoms with E-state index in [1.54, 1.807) is 0 Å². The molecular formula is C15H23N5. The highest BCUT2D eigenvalue weighted by molar-refractivity contribution is 5.50. The minimum Gasteiger partial charge on any atom is -0.346 e. The van der Waals surface area contributed by atoms with Crippen LogP contribution in [0.1, 0.15) is 38.2 Å². The highest BCUT2D eigenvalue weighted by Crippen LogP contribution is 2.35. The van der Waals surface area contributed by atoms with Crippen LogP contribution >= 0.6 is 0 Å². The number of anilines is 1. The molecule has 1 saturated carbocycles. The van der Waals surface area contributed by atoms with Crippen LogP contribution in [0.3, 0.4) is 0 Å². The molecule has 1 fully saturated rings. The smallest absolute Gasteiger partial charge is 0.243 e. The molecule has 2 aromatic rings. The van der Waals surface area contributed by atoms with Gasteiger partial charge in [-0.2, -0.15) is 4.98 Å². The van der Waals surface area contributed by atoms with Crippen LogP contribution in [-0.4, -0.2) is 26.7 Å². The Morgan fingerprint density at radius 1 is 1.50 bits per heavy atom. The Bertz CT molecular complexity index is 605. The lowest BCUT2D eigenvalue weighted by Crippen LogP contribution is -2.52. The topological polar surface area (TPSA) is 68.2 Å². The first-order valence-corrected chi connectivity index (χ1v) is 7.45. The zero-order valence-corrected chi connectivity index (χ0v) is 12.3. The quantitative estimate of drug-likeness (QED) is 0.901. The number of pyridine rings is 1. The van der Waals surface area contributed by atoms with Crippen LogP contribution in [-0.2, 0) is 0 Å². The number of rotatable bonds is 3.